The molecule has 6 nitrogen and oxygen atoms in total. The van der Waals surface area contributed by atoms with E-state index in [0.29, 0.717) is 6.04 Å². The van der Waals surface area contributed by atoms with Crippen LogP contribution in [-0.2, 0) is 16.6 Å². The van der Waals surface area contributed by atoms with Crippen molar-refractivity contribution in [2.24, 2.45) is 0 Å². The topological polar surface area (TPSA) is 76.0 Å². The van der Waals surface area contributed by atoms with Gasteiger partial charge in [0, 0.05) is 24.8 Å². The molecule has 2 N–H and O–H groups in total. The van der Waals surface area contributed by atoms with Gasteiger partial charge < -0.3 is 9.88 Å². The first-order chi connectivity index (χ1) is 8.92. The van der Waals surface area contributed by atoms with E-state index >= 15 is 0 Å². The molecule has 1 aromatic rings. The molecule has 1 aliphatic heterocycles. The summed E-state index contributed by atoms with van der Waals surface area (Å²) >= 11 is 0. The van der Waals surface area contributed by atoms with E-state index in [2.05, 4.69) is 21.9 Å². The summed E-state index contributed by atoms with van der Waals surface area (Å²) in [5.41, 5.74) is 0. The fourth-order valence-electron chi connectivity index (χ4n) is 2.45. The monoisotopic (exact) mass is 286 g/mol. The maximum Gasteiger partial charge on any atom is 0.259 e. The molecule has 1 saturated heterocycles. The van der Waals surface area contributed by atoms with E-state index in [4.69, 9.17) is 0 Å². The van der Waals surface area contributed by atoms with Crippen LogP contribution in [-0.4, -0.2) is 36.6 Å². The van der Waals surface area contributed by atoms with E-state index in [-0.39, 0.29) is 11.1 Å². The Bertz CT molecular complexity index is 538. The number of nitrogens with one attached hydrogen (secondary N) is 2. The molecular formula is C12H22N4O2S. The Balaban J connectivity index is 2.13. The Hall–Kier alpha value is -0.920. The van der Waals surface area contributed by atoms with Gasteiger partial charge in [-0.05, 0) is 40.2 Å². The maximum absolute atomic E-state index is 12.3. The van der Waals surface area contributed by atoms with Crippen LogP contribution in [0.15, 0.2) is 11.2 Å². The van der Waals surface area contributed by atoms with Gasteiger partial charge in [0.2, 0.25) is 0 Å². The molecule has 0 amide bonds. The van der Waals surface area contributed by atoms with Crippen molar-refractivity contribution in [1.82, 2.24) is 19.6 Å². The van der Waals surface area contributed by atoms with Crippen molar-refractivity contribution in [3.8, 4) is 0 Å². The van der Waals surface area contributed by atoms with Crippen LogP contribution in [0.3, 0.4) is 0 Å². The minimum Gasteiger partial charge on any atom is -0.334 e. The minimum atomic E-state index is -3.50. The lowest BCUT2D eigenvalue weighted by Crippen LogP contribution is -2.46. The quantitative estimate of drug-likeness (QED) is 0.851. The Morgan fingerprint density at radius 3 is 2.89 bits per heavy atom. The minimum absolute atomic E-state index is 0.00617. The Kier molecular flexibility index (Phi) is 4.27. The zero-order valence-electron chi connectivity index (χ0n) is 11.7. The second-order valence-corrected chi connectivity index (χ2v) is 6.77. The molecule has 2 atom stereocenters. The lowest BCUT2D eigenvalue weighted by molar-refractivity contribution is 0.361. The number of rotatable bonds is 4. The van der Waals surface area contributed by atoms with Gasteiger partial charge in [-0.1, -0.05) is 0 Å². The normalized spacial score (nSPS) is 24.6. The van der Waals surface area contributed by atoms with Crippen LogP contribution in [0, 0.1) is 6.92 Å². The van der Waals surface area contributed by atoms with E-state index in [1.54, 1.807) is 6.20 Å². The molecule has 0 saturated carbocycles. The number of nitrogens with zero attached hydrogens (tertiary/aromatic N) is 2. The van der Waals surface area contributed by atoms with Crippen LogP contribution in [0.25, 0.3) is 0 Å². The van der Waals surface area contributed by atoms with Gasteiger partial charge in [0.1, 0.15) is 5.82 Å². The smallest absolute Gasteiger partial charge is 0.259 e. The summed E-state index contributed by atoms with van der Waals surface area (Å²) in [7, 11) is -3.50. The van der Waals surface area contributed by atoms with Gasteiger partial charge in [0.25, 0.3) is 10.0 Å². The van der Waals surface area contributed by atoms with E-state index in [1.165, 1.54) is 0 Å². The Morgan fingerprint density at radius 2 is 2.32 bits per heavy atom. The van der Waals surface area contributed by atoms with Crippen LogP contribution in [0.2, 0.25) is 0 Å². The highest BCUT2D eigenvalue weighted by atomic mass is 32.2. The molecule has 0 spiro atoms. The van der Waals surface area contributed by atoms with Gasteiger partial charge in [0.15, 0.2) is 5.03 Å². The maximum atomic E-state index is 12.3. The molecule has 7 heteroatoms. The van der Waals surface area contributed by atoms with Crippen molar-refractivity contribution in [2.45, 2.75) is 57.3 Å². The van der Waals surface area contributed by atoms with Crippen LogP contribution in [0.5, 0.6) is 0 Å². The van der Waals surface area contributed by atoms with Crippen molar-refractivity contribution in [1.29, 1.82) is 0 Å². The first-order valence-corrected chi connectivity index (χ1v) is 8.20. The average Bonchev–Trinajstić information content (AvgIpc) is 2.71. The van der Waals surface area contributed by atoms with Crippen molar-refractivity contribution in [3.05, 3.63) is 12.0 Å². The molecule has 0 radical (unpaired) electrons. The molecule has 1 fully saturated rings. The lowest BCUT2D eigenvalue weighted by atomic mass is 10.0. The summed E-state index contributed by atoms with van der Waals surface area (Å²) < 4.78 is 29.2. The summed E-state index contributed by atoms with van der Waals surface area (Å²) in [6.45, 7) is 7.41. The molecule has 0 aromatic carbocycles. The molecule has 108 valence electrons. The molecule has 0 bridgehead atoms. The van der Waals surface area contributed by atoms with Crippen molar-refractivity contribution >= 4 is 10.0 Å². The molecule has 1 aromatic heterocycles. The van der Waals surface area contributed by atoms with Gasteiger partial charge in [-0.15, -0.1) is 0 Å². The molecule has 2 rings (SSSR count). The fourth-order valence-corrected chi connectivity index (χ4v) is 3.74. The van der Waals surface area contributed by atoms with E-state index < -0.39 is 10.0 Å². The number of sulfonamides is 1. The van der Waals surface area contributed by atoms with Gasteiger partial charge in [-0.2, -0.15) is 0 Å². The fraction of sp³-hybridized carbons (Fsp3) is 0.750. The first-order valence-electron chi connectivity index (χ1n) is 6.72. The number of aryl methyl sites for hydroxylation is 2. The molecule has 19 heavy (non-hydrogen) atoms. The van der Waals surface area contributed by atoms with Crippen LogP contribution in [0.1, 0.15) is 32.5 Å². The number of aromatic nitrogens is 2. The third-order valence-electron chi connectivity index (χ3n) is 3.52. The Morgan fingerprint density at radius 1 is 1.58 bits per heavy atom. The summed E-state index contributed by atoms with van der Waals surface area (Å²) in [6, 6.07) is 0.338. The van der Waals surface area contributed by atoms with Gasteiger partial charge in [-0.3, -0.25) is 0 Å². The number of piperidine rings is 1. The van der Waals surface area contributed by atoms with Crippen LogP contribution < -0.4 is 10.0 Å². The third-order valence-corrected chi connectivity index (χ3v) is 4.91. The van der Waals surface area contributed by atoms with Crippen molar-refractivity contribution < 1.29 is 8.42 Å². The molecule has 2 unspecified atom stereocenters. The number of imidazole rings is 1. The summed E-state index contributed by atoms with van der Waals surface area (Å²) in [5.74, 6) is 0.724. The zero-order valence-corrected chi connectivity index (χ0v) is 12.5. The van der Waals surface area contributed by atoms with Gasteiger partial charge >= 0.3 is 0 Å². The predicted octanol–water partition coefficient (Wildman–Crippen LogP) is 0.630. The molecular weight excluding hydrogens is 264 g/mol. The number of hydrogen-bond donors (Lipinski definition) is 2. The third kappa shape index (κ3) is 3.34. The van der Waals surface area contributed by atoms with Gasteiger partial charge in [-0.25, -0.2) is 18.1 Å². The highest BCUT2D eigenvalue weighted by Crippen LogP contribution is 2.14. The second-order valence-electron chi connectivity index (χ2n) is 5.11. The summed E-state index contributed by atoms with van der Waals surface area (Å²) in [5, 5.41) is 3.43. The lowest BCUT2D eigenvalue weighted by Gasteiger charge is -2.28. The van der Waals surface area contributed by atoms with Crippen LogP contribution >= 0.6 is 0 Å². The van der Waals surface area contributed by atoms with Gasteiger partial charge in [0.05, 0.1) is 0 Å². The van der Waals surface area contributed by atoms with E-state index in [9.17, 15) is 8.42 Å². The summed E-state index contributed by atoms with van der Waals surface area (Å²) in [4.78, 5) is 4.13. The molecule has 2 heterocycles. The highest BCUT2D eigenvalue weighted by molar-refractivity contribution is 7.89. The van der Waals surface area contributed by atoms with E-state index in [0.717, 1.165) is 31.8 Å². The van der Waals surface area contributed by atoms with Crippen molar-refractivity contribution in [2.75, 3.05) is 6.54 Å². The summed E-state index contributed by atoms with van der Waals surface area (Å²) in [6.07, 6.45) is 3.23. The molecule has 1 aliphatic rings. The van der Waals surface area contributed by atoms with Crippen molar-refractivity contribution in [3.63, 3.8) is 0 Å². The highest BCUT2D eigenvalue weighted by Gasteiger charge is 2.26. The number of hydrogen-bond acceptors (Lipinski definition) is 4. The Labute approximate surface area is 114 Å². The van der Waals surface area contributed by atoms with Crippen LogP contribution in [0.4, 0.5) is 0 Å². The van der Waals surface area contributed by atoms with E-state index in [1.807, 2.05) is 18.4 Å². The second kappa shape index (κ2) is 5.60. The predicted molar refractivity (Wildman–Crippen MR) is 73.4 cm³/mol. The standard InChI is InChI=1S/C12H22N4O2S/c1-4-16-8-12(14-10(16)3)19(17,18)15-11-5-6-13-9(2)7-11/h8-9,11,13,15H,4-7H2,1-3H3. The molecule has 0 aliphatic carbocycles. The first kappa shape index (κ1) is 14.5. The average molecular weight is 286 g/mol. The zero-order chi connectivity index (χ0) is 14.0. The SMILES string of the molecule is CCn1cc(S(=O)(=O)NC2CCNC(C)C2)nc1C. The largest absolute Gasteiger partial charge is 0.334 e.